The molecule has 0 spiro atoms. The molecule has 0 saturated carbocycles. The molecule has 28 heavy (non-hydrogen) atoms. The van der Waals surface area contributed by atoms with Gasteiger partial charge in [0.05, 0.1) is 22.9 Å². The molecule has 0 radical (unpaired) electrons. The molecule has 0 aliphatic rings. The lowest BCUT2D eigenvalue weighted by atomic mass is 10.1. The monoisotopic (exact) mass is 390 g/mol. The summed E-state index contributed by atoms with van der Waals surface area (Å²) < 4.78 is 5.47. The van der Waals surface area contributed by atoms with E-state index in [2.05, 4.69) is 23.2 Å². The summed E-state index contributed by atoms with van der Waals surface area (Å²) in [6, 6.07) is 8.02. The zero-order chi connectivity index (χ0) is 19.4. The number of thiazole rings is 1. The Balaban J connectivity index is 1.78. The van der Waals surface area contributed by atoms with Crippen molar-refractivity contribution in [2.75, 3.05) is 0 Å². The van der Waals surface area contributed by atoms with Gasteiger partial charge in [0.15, 0.2) is 4.96 Å². The van der Waals surface area contributed by atoms with Crippen LogP contribution in [0.1, 0.15) is 19.9 Å². The van der Waals surface area contributed by atoms with Crippen molar-refractivity contribution in [2.24, 2.45) is 7.05 Å². The highest BCUT2D eigenvalue weighted by atomic mass is 32.1. The van der Waals surface area contributed by atoms with Gasteiger partial charge in [-0.3, -0.25) is 13.9 Å². The zero-order valence-corrected chi connectivity index (χ0v) is 16.5. The molecule has 5 rings (SSSR count). The van der Waals surface area contributed by atoms with Crippen LogP contribution >= 0.6 is 11.3 Å². The maximum atomic E-state index is 12.6. The third-order valence-corrected chi connectivity index (χ3v) is 5.59. The van der Waals surface area contributed by atoms with Crippen LogP contribution in [0.2, 0.25) is 0 Å². The molecule has 5 aromatic rings. The van der Waals surface area contributed by atoms with E-state index in [1.165, 1.54) is 4.57 Å². The highest BCUT2D eigenvalue weighted by molar-refractivity contribution is 7.15. The van der Waals surface area contributed by atoms with Gasteiger partial charge in [-0.2, -0.15) is 5.10 Å². The summed E-state index contributed by atoms with van der Waals surface area (Å²) >= 11 is 1.57. The van der Waals surface area contributed by atoms with Crippen molar-refractivity contribution in [3.8, 4) is 22.6 Å². The van der Waals surface area contributed by atoms with Gasteiger partial charge in [-0.05, 0) is 32.0 Å². The molecule has 0 saturated heterocycles. The quantitative estimate of drug-likeness (QED) is 0.470. The molecule has 140 valence electrons. The van der Waals surface area contributed by atoms with E-state index in [0.29, 0.717) is 10.9 Å². The molecule has 0 fully saturated rings. The van der Waals surface area contributed by atoms with Gasteiger partial charge < -0.3 is 4.57 Å². The Morgan fingerprint density at radius 1 is 1.14 bits per heavy atom. The van der Waals surface area contributed by atoms with Gasteiger partial charge in [-0.1, -0.05) is 6.07 Å². The van der Waals surface area contributed by atoms with Gasteiger partial charge >= 0.3 is 0 Å². The summed E-state index contributed by atoms with van der Waals surface area (Å²) in [4.78, 5) is 22.6. The van der Waals surface area contributed by atoms with Gasteiger partial charge in [0.2, 0.25) is 0 Å². The molecular formula is C20H18N6OS. The van der Waals surface area contributed by atoms with Crippen molar-refractivity contribution < 1.29 is 0 Å². The average Bonchev–Trinajstić information content (AvgIpc) is 3.39. The molecule has 0 aliphatic heterocycles. The number of hydrogen-bond donors (Lipinski definition) is 0. The standard InChI is InChI=1S/C20H18N6OS/c1-12(2)26-7-6-16(23-26)17-18(25-8-9-28-20(25)22-17)13-4-5-15-14(10-13)19(27)24(3)11-21-15/h4-12H,1-3H3. The highest BCUT2D eigenvalue weighted by Gasteiger charge is 2.20. The normalized spacial score (nSPS) is 11.9. The summed E-state index contributed by atoms with van der Waals surface area (Å²) in [5, 5.41) is 7.30. The third-order valence-electron chi connectivity index (χ3n) is 4.83. The molecule has 1 aromatic carbocycles. The summed E-state index contributed by atoms with van der Waals surface area (Å²) in [6.45, 7) is 4.19. The number of imidazole rings is 1. The molecule has 0 aliphatic carbocycles. The molecule has 0 atom stereocenters. The van der Waals surface area contributed by atoms with E-state index in [-0.39, 0.29) is 11.6 Å². The van der Waals surface area contributed by atoms with Crippen LogP contribution in [0.3, 0.4) is 0 Å². The lowest BCUT2D eigenvalue weighted by Crippen LogP contribution is -2.16. The predicted octanol–water partition coefficient (Wildman–Crippen LogP) is 3.75. The van der Waals surface area contributed by atoms with E-state index in [9.17, 15) is 4.79 Å². The van der Waals surface area contributed by atoms with Gasteiger partial charge in [-0.25, -0.2) is 9.97 Å². The van der Waals surface area contributed by atoms with Crippen molar-refractivity contribution >= 4 is 27.2 Å². The van der Waals surface area contributed by atoms with Crippen LogP contribution in [-0.4, -0.2) is 28.7 Å². The van der Waals surface area contributed by atoms with Gasteiger partial charge in [0.25, 0.3) is 5.56 Å². The van der Waals surface area contributed by atoms with E-state index in [0.717, 1.165) is 27.6 Å². The largest absolute Gasteiger partial charge is 0.302 e. The number of nitrogens with zero attached hydrogens (tertiary/aromatic N) is 6. The first-order valence-electron chi connectivity index (χ1n) is 9.00. The van der Waals surface area contributed by atoms with E-state index in [4.69, 9.17) is 10.1 Å². The Hall–Kier alpha value is -3.26. The molecule has 0 bridgehead atoms. The van der Waals surface area contributed by atoms with Crippen LogP contribution in [0.15, 0.2) is 53.2 Å². The first kappa shape index (κ1) is 16.9. The van der Waals surface area contributed by atoms with Gasteiger partial charge in [0, 0.05) is 36.4 Å². The molecular weight excluding hydrogens is 372 g/mol. The summed E-state index contributed by atoms with van der Waals surface area (Å²) in [5.41, 5.74) is 4.09. The Kier molecular flexibility index (Phi) is 3.70. The Morgan fingerprint density at radius 3 is 2.79 bits per heavy atom. The molecule has 0 amide bonds. The molecule has 4 aromatic heterocycles. The summed E-state index contributed by atoms with van der Waals surface area (Å²) in [6.07, 6.45) is 5.51. The van der Waals surface area contributed by atoms with Crippen molar-refractivity contribution in [3.63, 3.8) is 0 Å². The fourth-order valence-corrected chi connectivity index (χ4v) is 4.06. The summed E-state index contributed by atoms with van der Waals surface area (Å²) in [7, 11) is 1.71. The summed E-state index contributed by atoms with van der Waals surface area (Å²) in [5.74, 6) is 0. The lowest BCUT2D eigenvalue weighted by Gasteiger charge is -2.06. The Morgan fingerprint density at radius 2 is 2.00 bits per heavy atom. The minimum Gasteiger partial charge on any atom is -0.302 e. The van der Waals surface area contributed by atoms with Crippen LogP contribution in [0.25, 0.3) is 38.5 Å². The Bertz CT molecular complexity index is 1390. The minimum atomic E-state index is -0.0661. The van der Waals surface area contributed by atoms with Gasteiger partial charge in [-0.15, -0.1) is 11.3 Å². The van der Waals surface area contributed by atoms with Crippen molar-refractivity contribution in [1.82, 2.24) is 28.7 Å². The number of rotatable bonds is 3. The second-order valence-electron chi connectivity index (χ2n) is 7.03. The zero-order valence-electron chi connectivity index (χ0n) is 15.7. The molecule has 8 heteroatoms. The molecule has 4 heterocycles. The van der Waals surface area contributed by atoms with E-state index in [1.807, 2.05) is 46.7 Å². The van der Waals surface area contributed by atoms with Crippen molar-refractivity contribution in [3.05, 3.63) is 58.7 Å². The lowest BCUT2D eigenvalue weighted by molar-refractivity contribution is 0.534. The van der Waals surface area contributed by atoms with Crippen LogP contribution < -0.4 is 5.56 Å². The number of benzene rings is 1. The first-order chi connectivity index (χ1) is 13.5. The van der Waals surface area contributed by atoms with Crippen LogP contribution in [0.5, 0.6) is 0 Å². The topological polar surface area (TPSA) is 70.0 Å². The van der Waals surface area contributed by atoms with E-state index in [1.54, 1.807) is 24.7 Å². The average molecular weight is 390 g/mol. The van der Waals surface area contributed by atoms with Crippen LogP contribution in [0.4, 0.5) is 0 Å². The molecule has 7 nitrogen and oxygen atoms in total. The number of fused-ring (bicyclic) bond motifs is 2. The van der Waals surface area contributed by atoms with Crippen LogP contribution in [-0.2, 0) is 7.05 Å². The molecule has 0 N–H and O–H groups in total. The fourth-order valence-electron chi connectivity index (χ4n) is 3.35. The molecule has 0 unspecified atom stereocenters. The maximum absolute atomic E-state index is 12.6. The maximum Gasteiger partial charge on any atom is 0.260 e. The SMILES string of the molecule is CC(C)n1ccc(-c2nc3sccn3c2-c2ccc3ncn(C)c(=O)c3c2)n1. The number of aryl methyl sites for hydroxylation is 1. The second kappa shape index (κ2) is 6.13. The van der Waals surface area contributed by atoms with E-state index < -0.39 is 0 Å². The third kappa shape index (κ3) is 2.49. The smallest absolute Gasteiger partial charge is 0.260 e. The van der Waals surface area contributed by atoms with Crippen molar-refractivity contribution in [1.29, 1.82) is 0 Å². The van der Waals surface area contributed by atoms with E-state index >= 15 is 0 Å². The second-order valence-corrected chi connectivity index (χ2v) is 7.90. The number of aromatic nitrogens is 6. The first-order valence-corrected chi connectivity index (χ1v) is 9.88. The van der Waals surface area contributed by atoms with Crippen LogP contribution in [0, 0.1) is 0 Å². The fraction of sp³-hybridized carbons (Fsp3) is 0.200. The number of hydrogen-bond acceptors (Lipinski definition) is 5. The van der Waals surface area contributed by atoms with Crippen molar-refractivity contribution in [2.45, 2.75) is 19.9 Å². The minimum absolute atomic E-state index is 0.0661. The Labute approximate surface area is 164 Å². The highest BCUT2D eigenvalue weighted by Crippen LogP contribution is 2.34. The van der Waals surface area contributed by atoms with Gasteiger partial charge in [0.1, 0.15) is 11.4 Å². The predicted molar refractivity (Wildman–Crippen MR) is 111 cm³/mol.